The zero-order valence-electron chi connectivity index (χ0n) is 12.9. The Morgan fingerprint density at radius 2 is 1.73 bits per heavy atom. The van der Waals surface area contributed by atoms with Crippen LogP contribution in [0.15, 0.2) is 18.2 Å². The third-order valence-corrected chi connectivity index (χ3v) is 6.97. The Labute approximate surface area is 140 Å². The summed E-state index contributed by atoms with van der Waals surface area (Å²) in [7, 11) is 0. The molecule has 1 aromatic carbocycles. The summed E-state index contributed by atoms with van der Waals surface area (Å²) in [6.45, 7) is 6.04. The van der Waals surface area contributed by atoms with Crippen LogP contribution >= 0.6 is 23.2 Å². The summed E-state index contributed by atoms with van der Waals surface area (Å²) in [6, 6.07) is 5.10. The minimum atomic E-state index is -0.679. The predicted octanol–water partition coefficient (Wildman–Crippen LogP) is 4.72. The lowest BCUT2D eigenvalue weighted by molar-refractivity contribution is -0.131. The third kappa shape index (κ3) is 1.75. The first-order chi connectivity index (χ1) is 10.2. The topological polar surface area (TPSA) is 46.2 Å². The van der Waals surface area contributed by atoms with E-state index in [4.69, 9.17) is 23.2 Å². The van der Waals surface area contributed by atoms with E-state index in [2.05, 4.69) is 5.32 Å². The van der Waals surface area contributed by atoms with Gasteiger partial charge < -0.3 is 5.32 Å². The molecule has 2 aliphatic rings. The number of hydrogen-bond donors (Lipinski definition) is 1. The maximum Gasteiger partial charge on any atom is 0.231 e. The normalized spacial score (nSPS) is 32.3. The largest absolute Gasteiger partial charge is 0.323 e. The average Bonchev–Trinajstić information content (AvgIpc) is 2.73. The van der Waals surface area contributed by atoms with Crippen LogP contribution in [0.2, 0.25) is 10.0 Å². The molecule has 1 amide bonds. The van der Waals surface area contributed by atoms with Gasteiger partial charge in [0, 0.05) is 11.8 Å². The third-order valence-electron chi connectivity index (χ3n) is 6.34. The number of amides is 1. The van der Waals surface area contributed by atoms with Gasteiger partial charge >= 0.3 is 0 Å². The molecule has 0 heterocycles. The van der Waals surface area contributed by atoms with Crippen LogP contribution < -0.4 is 5.32 Å². The number of halogens is 2. The van der Waals surface area contributed by atoms with Gasteiger partial charge in [-0.15, -0.1) is 0 Å². The Bertz CT molecular complexity index is 665. The zero-order valence-corrected chi connectivity index (χ0v) is 14.4. The second-order valence-corrected chi connectivity index (χ2v) is 8.00. The highest BCUT2D eigenvalue weighted by molar-refractivity contribution is 6.39. The molecule has 5 heteroatoms. The van der Waals surface area contributed by atoms with Crippen LogP contribution in [0.4, 0.5) is 5.69 Å². The molecular formula is C17H19Cl2NO2. The van der Waals surface area contributed by atoms with Crippen molar-refractivity contribution in [3.05, 3.63) is 28.2 Å². The first-order valence-electron chi connectivity index (χ1n) is 7.44. The Kier molecular flexibility index (Phi) is 3.39. The van der Waals surface area contributed by atoms with E-state index >= 15 is 0 Å². The minimum Gasteiger partial charge on any atom is -0.323 e. The molecule has 0 radical (unpaired) electrons. The van der Waals surface area contributed by atoms with E-state index in [1.165, 1.54) is 0 Å². The second-order valence-electron chi connectivity index (χ2n) is 7.19. The molecule has 3 nitrogen and oxygen atoms in total. The fourth-order valence-electron chi connectivity index (χ4n) is 4.21. The molecule has 2 aliphatic carbocycles. The van der Waals surface area contributed by atoms with Gasteiger partial charge in [0.25, 0.3) is 0 Å². The number of nitrogens with one attached hydrogen (secondary N) is 1. The van der Waals surface area contributed by atoms with Crippen molar-refractivity contribution in [3.8, 4) is 0 Å². The van der Waals surface area contributed by atoms with Crippen LogP contribution in [0, 0.1) is 16.2 Å². The Morgan fingerprint density at radius 1 is 1.14 bits per heavy atom. The van der Waals surface area contributed by atoms with Crippen LogP contribution in [-0.2, 0) is 9.59 Å². The second kappa shape index (κ2) is 4.72. The molecular weight excluding hydrogens is 321 g/mol. The first kappa shape index (κ1) is 15.8. The summed E-state index contributed by atoms with van der Waals surface area (Å²) in [5.74, 6) is 0.0335. The van der Waals surface area contributed by atoms with Crippen LogP contribution in [0.3, 0.4) is 0 Å². The van der Waals surface area contributed by atoms with Gasteiger partial charge in [0.2, 0.25) is 5.91 Å². The standard InChI is InChI=1S/C17H19Cl2NO2/c1-15(2)16(3)7-8-17(15,9-12(16)21)14(22)20-13-10(18)5-4-6-11(13)19/h4-6H,7-9H2,1-3H3,(H,20,22)/t16-,17+/m1/s1. The molecule has 0 aromatic heterocycles. The van der Waals surface area contributed by atoms with E-state index in [0.717, 1.165) is 12.8 Å². The van der Waals surface area contributed by atoms with Gasteiger partial charge in [0.05, 0.1) is 21.1 Å². The molecule has 0 saturated heterocycles. The summed E-state index contributed by atoms with van der Waals surface area (Å²) < 4.78 is 0. The highest BCUT2D eigenvalue weighted by atomic mass is 35.5. The number of carbonyl (C=O) groups excluding carboxylic acids is 2. The summed E-state index contributed by atoms with van der Waals surface area (Å²) in [6.07, 6.45) is 1.77. The van der Waals surface area contributed by atoms with Gasteiger partial charge in [-0.05, 0) is 30.4 Å². The Balaban J connectivity index is 1.98. The van der Waals surface area contributed by atoms with Crippen molar-refractivity contribution in [2.24, 2.45) is 16.2 Å². The summed E-state index contributed by atoms with van der Waals surface area (Å²) in [4.78, 5) is 25.5. The zero-order chi connectivity index (χ0) is 16.3. The quantitative estimate of drug-likeness (QED) is 0.847. The average molecular weight is 340 g/mol. The highest BCUT2D eigenvalue weighted by Gasteiger charge is 2.72. The lowest BCUT2D eigenvalue weighted by Crippen LogP contribution is -2.43. The number of carbonyl (C=O) groups is 2. The molecule has 1 aromatic rings. The SMILES string of the molecule is CC1(C)[C@@]2(C(=O)Nc3c(Cl)cccc3Cl)CC[C@]1(C)C(=O)C2. The van der Waals surface area contributed by atoms with Gasteiger partial charge in [-0.2, -0.15) is 0 Å². The minimum absolute atomic E-state index is 0.151. The van der Waals surface area contributed by atoms with Gasteiger partial charge in [-0.1, -0.05) is 50.0 Å². The van der Waals surface area contributed by atoms with Crippen LogP contribution in [0.5, 0.6) is 0 Å². The molecule has 22 heavy (non-hydrogen) atoms. The van der Waals surface area contributed by atoms with E-state index in [-0.39, 0.29) is 17.1 Å². The van der Waals surface area contributed by atoms with Gasteiger partial charge in [-0.25, -0.2) is 0 Å². The van der Waals surface area contributed by atoms with Crippen molar-refractivity contribution in [3.63, 3.8) is 0 Å². The highest BCUT2D eigenvalue weighted by Crippen LogP contribution is 2.70. The number of Topliss-reactive ketones (excluding diaryl/α,β-unsaturated/α-hetero) is 1. The van der Waals surface area contributed by atoms with Gasteiger partial charge in [0.15, 0.2) is 0 Å². The van der Waals surface area contributed by atoms with Gasteiger partial charge in [0.1, 0.15) is 5.78 Å². The summed E-state index contributed by atoms with van der Waals surface area (Å²) in [5.41, 5.74) is -1.06. The molecule has 3 rings (SSSR count). The molecule has 0 spiro atoms. The van der Waals surface area contributed by atoms with E-state index in [9.17, 15) is 9.59 Å². The maximum atomic E-state index is 13.0. The van der Waals surface area contributed by atoms with E-state index < -0.39 is 10.8 Å². The Morgan fingerprint density at radius 3 is 2.18 bits per heavy atom. The monoisotopic (exact) mass is 339 g/mol. The van der Waals surface area contributed by atoms with Crippen molar-refractivity contribution < 1.29 is 9.59 Å². The van der Waals surface area contributed by atoms with Crippen LogP contribution in [-0.4, -0.2) is 11.7 Å². The van der Waals surface area contributed by atoms with Crippen molar-refractivity contribution in [2.75, 3.05) is 5.32 Å². The lowest BCUT2D eigenvalue weighted by Gasteiger charge is -2.38. The number of anilines is 1. The molecule has 2 fully saturated rings. The molecule has 118 valence electrons. The lowest BCUT2D eigenvalue weighted by atomic mass is 9.64. The van der Waals surface area contributed by atoms with Crippen LogP contribution in [0.1, 0.15) is 40.0 Å². The molecule has 2 bridgehead atoms. The molecule has 2 saturated carbocycles. The fourth-order valence-corrected chi connectivity index (χ4v) is 4.70. The number of rotatable bonds is 2. The van der Waals surface area contributed by atoms with Crippen molar-refractivity contribution in [2.45, 2.75) is 40.0 Å². The number of hydrogen-bond acceptors (Lipinski definition) is 2. The van der Waals surface area contributed by atoms with Crippen molar-refractivity contribution in [1.29, 1.82) is 0 Å². The molecule has 1 N–H and O–H groups in total. The molecule has 0 aliphatic heterocycles. The number of para-hydroxylation sites is 1. The predicted molar refractivity (Wildman–Crippen MR) is 88.3 cm³/mol. The van der Waals surface area contributed by atoms with E-state index in [1.807, 2.05) is 20.8 Å². The summed E-state index contributed by atoms with van der Waals surface area (Å²) >= 11 is 12.3. The molecule has 0 unspecified atom stereocenters. The van der Waals surface area contributed by atoms with E-state index in [1.54, 1.807) is 18.2 Å². The summed E-state index contributed by atoms with van der Waals surface area (Å²) in [5, 5.41) is 3.68. The number of ketones is 1. The fraction of sp³-hybridized carbons (Fsp3) is 0.529. The van der Waals surface area contributed by atoms with Crippen molar-refractivity contribution >= 4 is 40.6 Å². The van der Waals surface area contributed by atoms with Gasteiger partial charge in [-0.3, -0.25) is 9.59 Å². The van der Waals surface area contributed by atoms with E-state index in [0.29, 0.717) is 22.2 Å². The number of fused-ring (bicyclic) bond motifs is 2. The van der Waals surface area contributed by atoms with Crippen molar-refractivity contribution in [1.82, 2.24) is 0 Å². The maximum absolute atomic E-state index is 13.0. The first-order valence-corrected chi connectivity index (χ1v) is 8.20. The number of benzene rings is 1. The van der Waals surface area contributed by atoms with Crippen LogP contribution in [0.25, 0.3) is 0 Å². The molecule has 2 atom stereocenters. The Hall–Kier alpha value is -1.06. The smallest absolute Gasteiger partial charge is 0.231 e.